The minimum absolute atomic E-state index is 0.0616. The third kappa shape index (κ3) is 5.57. The highest BCUT2D eigenvalue weighted by atomic mass is 16.1. The summed E-state index contributed by atoms with van der Waals surface area (Å²) >= 11 is 0. The van der Waals surface area contributed by atoms with E-state index in [0.29, 0.717) is 13.1 Å². The molecule has 0 atom stereocenters. The first kappa shape index (κ1) is 14.8. The molecule has 2 rings (SSSR count). The smallest absolute Gasteiger partial charge is 0.234 e. The van der Waals surface area contributed by atoms with Crippen LogP contribution in [0.2, 0.25) is 0 Å². The van der Waals surface area contributed by atoms with Gasteiger partial charge in [0.1, 0.15) is 0 Å². The molecule has 0 saturated carbocycles. The maximum Gasteiger partial charge on any atom is 0.234 e. The topological polar surface area (TPSA) is 41.1 Å². The van der Waals surface area contributed by atoms with E-state index in [1.807, 2.05) is 30.3 Å². The Hall–Kier alpha value is -1.61. The van der Waals surface area contributed by atoms with Crippen molar-refractivity contribution >= 4 is 5.91 Å². The highest BCUT2D eigenvalue weighted by molar-refractivity contribution is 5.77. The first-order valence-electron chi connectivity index (χ1n) is 7.54. The lowest BCUT2D eigenvalue weighted by atomic mass is 9.97. The number of benzene rings is 1. The molecule has 20 heavy (non-hydrogen) atoms. The number of nitrogens with one attached hydrogen (secondary N) is 2. The van der Waals surface area contributed by atoms with Gasteiger partial charge in [-0.25, -0.2) is 0 Å². The van der Waals surface area contributed by atoms with Crippen LogP contribution in [0, 0.1) is 0 Å². The SMILES string of the molecule is O=C(CNCCC1=CCCCC1)NCc1ccccc1. The van der Waals surface area contributed by atoms with Gasteiger partial charge < -0.3 is 10.6 Å². The van der Waals surface area contributed by atoms with Crippen LogP contribution in [0.25, 0.3) is 0 Å². The molecule has 1 aliphatic carbocycles. The summed E-state index contributed by atoms with van der Waals surface area (Å²) < 4.78 is 0. The molecule has 1 aliphatic rings. The van der Waals surface area contributed by atoms with E-state index in [9.17, 15) is 4.79 Å². The zero-order valence-corrected chi connectivity index (χ0v) is 12.0. The van der Waals surface area contributed by atoms with Crippen LogP contribution in [0.1, 0.15) is 37.7 Å². The van der Waals surface area contributed by atoms with Crippen molar-refractivity contribution in [1.82, 2.24) is 10.6 Å². The summed E-state index contributed by atoms with van der Waals surface area (Å²) in [5.41, 5.74) is 2.68. The zero-order valence-electron chi connectivity index (χ0n) is 12.0. The highest BCUT2D eigenvalue weighted by Crippen LogP contribution is 2.19. The lowest BCUT2D eigenvalue weighted by Gasteiger charge is -2.13. The summed E-state index contributed by atoms with van der Waals surface area (Å²) in [7, 11) is 0. The average molecular weight is 272 g/mol. The molecule has 0 aliphatic heterocycles. The lowest BCUT2D eigenvalue weighted by molar-refractivity contribution is -0.120. The Labute approximate surface area is 121 Å². The molecule has 3 nitrogen and oxygen atoms in total. The van der Waals surface area contributed by atoms with Gasteiger partial charge in [0.05, 0.1) is 6.54 Å². The van der Waals surface area contributed by atoms with E-state index in [1.165, 1.54) is 25.7 Å². The van der Waals surface area contributed by atoms with Crippen molar-refractivity contribution in [3.8, 4) is 0 Å². The van der Waals surface area contributed by atoms with E-state index in [2.05, 4.69) is 16.7 Å². The molecule has 1 aromatic carbocycles. The van der Waals surface area contributed by atoms with Crippen LogP contribution < -0.4 is 10.6 Å². The Morgan fingerprint density at radius 1 is 1.15 bits per heavy atom. The van der Waals surface area contributed by atoms with Crippen molar-refractivity contribution < 1.29 is 4.79 Å². The predicted octanol–water partition coefficient (Wildman–Crippen LogP) is 2.78. The van der Waals surface area contributed by atoms with E-state index < -0.39 is 0 Å². The maximum absolute atomic E-state index is 11.7. The van der Waals surface area contributed by atoms with Gasteiger partial charge in [0.25, 0.3) is 0 Å². The molecule has 1 aromatic rings. The fourth-order valence-corrected chi connectivity index (χ4v) is 2.44. The van der Waals surface area contributed by atoms with Crippen LogP contribution >= 0.6 is 0 Å². The molecule has 1 amide bonds. The third-order valence-electron chi connectivity index (χ3n) is 3.63. The second-order valence-corrected chi connectivity index (χ2v) is 5.30. The van der Waals surface area contributed by atoms with Crippen molar-refractivity contribution in [3.63, 3.8) is 0 Å². The maximum atomic E-state index is 11.7. The molecule has 0 fully saturated rings. The number of carbonyl (C=O) groups is 1. The summed E-state index contributed by atoms with van der Waals surface area (Å²) in [6, 6.07) is 9.98. The van der Waals surface area contributed by atoms with Crippen molar-refractivity contribution in [2.45, 2.75) is 38.6 Å². The summed E-state index contributed by atoms with van der Waals surface area (Å²) in [4.78, 5) is 11.7. The fourth-order valence-electron chi connectivity index (χ4n) is 2.44. The number of rotatable bonds is 7. The molecule has 2 N–H and O–H groups in total. The van der Waals surface area contributed by atoms with E-state index in [0.717, 1.165) is 18.5 Å². The van der Waals surface area contributed by atoms with Gasteiger partial charge in [0.2, 0.25) is 5.91 Å². The Kier molecular flexibility index (Phi) is 6.32. The van der Waals surface area contributed by atoms with Gasteiger partial charge in [0, 0.05) is 6.54 Å². The number of hydrogen-bond acceptors (Lipinski definition) is 2. The lowest BCUT2D eigenvalue weighted by Crippen LogP contribution is -2.34. The molecule has 0 saturated heterocycles. The van der Waals surface area contributed by atoms with E-state index in [1.54, 1.807) is 5.57 Å². The normalized spacial score (nSPS) is 14.7. The van der Waals surface area contributed by atoms with E-state index >= 15 is 0 Å². The predicted molar refractivity (Wildman–Crippen MR) is 82.3 cm³/mol. The minimum atomic E-state index is 0.0616. The summed E-state index contributed by atoms with van der Waals surface area (Å²) in [6.45, 7) is 1.90. The second kappa shape index (κ2) is 8.54. The summed E-state index contributed by atoms with van der Waals surface area (Å²) in [6.07, 6.45) is 8.56. The van der Waals surface area contributed by atoms with Crippen molar-refractivity contribution in [1.29, 1.82) is 0 Å². The first-order chi connectivity index (χ1) is 9.84. The first-order valence-corrected chi connectivity index (χ1v) is 7.54. The molecule has 0 radical (unpaired) electrons. The molecule has 108 valence electrons. The Balaban J connectivity index is 1.55. The van der Waals surface area contributed by atoms with E-state index in [4.69, 9.17) is 0 Å². The van der Waals surface area contributed by atoms with Crippen molar-refractivity contribution in [2.75, 3.05) is 13.1 Å². The zero-order chi connectivity index (χ0) is 14.0. The molecule has 0 heterocycles. The Bertz CT molecular complexity index is 440. The minimum Gasteiger partial charge on any atom is -0.351 e. The Morgan fingerprint density at radius 2 is 2.00 bits per heavy atom. The average Bonchev–Trinajstić information content (AvgIpc) is 2.52. The Morgan fingerprint density at radius 3 is 2.75 bits per heavy atom. The standard InChI is InChI=1S/C17H24N2O/c20-17(19-13-16-9-5-2-6-10-16)14-18-12-11-15-7-3-1-4-8-15/h2,5-7,9-10,18H,1,3-4,8,11-14H2,(H,19,20). The van der Waals surface area contributed by atoms with Gasteiger partial charge in [-0.2, -0.15) is 0 Å². The van der Waals surface area contributed by atoms with Crippen molar-refractivity contribution in [3.05, 3.63) is 47.5 Å². The number of carbonyl (C=O) groups excluding carboxylic acids is 1. The van der Waals surface area contributed by atoms with Gasteiger partial charge in [-0.05, 0) is 44.2 Å². The molecule has 0 unspecified atom stereocenters. The van der Waals surface area contributed by atoms with Crippen LogP contribution in [-0.4, -0.2) is 19.0 Å². The molecule has 3 heteroatoms. The molecule has 0 bridgehead atoms. The van der Waals surface area contributed by atoms with Crippen LogP contribution in [0.15, 0.2) is 42.0 Å². The fraction of sp³-hybridized carbons (Fsp3) is 0.471. The van der Waals surface area contributed by atoms with Crippen LogP contribution in [0.4, 0.5) is 0 Å². The van der Waals surface area contributed by atoms with Gasteiger partial charge >= 0.3 is 0 Å². The van der Waals surface area contributed by atoms with Gasteiger partial charge in [-0.15, -0.1) is 0 Å². The summed E-state index contributed by atoms with van der Waals surface area (Å²) in [5, 5.41) is 6.14. The quantitative estimate of drug-likeness (QED) is 0.592. The van der Waals surface area contributed by atoms with Crippen LogP contribution in [-0.2, 0) is 11.3 Å². The molecule has 0 aromatic heterocycles. The van der Waals surface area contributed by atoms with Gasteiger partial charge in [-0.1, -0.05) is 42.0 Å². The number of amides is 1. The number of hydrogen-bond donors (Lipinski definition) is 2. The van der Waals surface area contributed by atoms with Crippen molar-refractivity contribution in [2.24, 2.45) is 0 Å². The summed E-state index contributed by atoms with van der Waals surface area (Å²) in [5.74, 6) is 0.0616. The number of allylic oxidation sites excluding steroid dienone is 1. The second-order valence-electron chi connectivity index (χ2n) is 5.30. The molecular weight excluding hydrogens is 248 g/mol. The van der Waals surface area contributed by atoms with Crippen LogP contribution in [0.5, 0.6) is 0 Å². The van der Waals surface area contributed by atoms with Gasteiger partial charge in [0.15, 0.2) is 0 Å². The third-order valence-corrected chi connectivity index (χ3v) is 3.63. The van der Waals surface area contributed by atoms with Crippen LogP contribution in [0.3, 0.4) is 0 Å². The monoisotopic (exact) mass is 272 g/mol. The largest absolute Gasteiger partial charge is 0.351 e. The molecule has 0 spiro atoms. The highest BCUT2D eigenvalue weighted by Gasteiger charge is 2.04. The molecular formula is C17H24N2O. The van der Waals surface area contributed by atoms with Gasteiger partial charge in [-0.3, -0.25) is 4.79 Å². The van der Waals surface area contributed by atoms with E-state index in [-0.39, 0.29) is 5.91 Å².